The average molecular weight is 312 g/mol. The van der Waals surface area contributed by atoms with Gasteiger partial charge in [0, 0.05) is 18.6 Å². The van der Waals surface area contributed by atoms with Crippen molar-refractivity contribution in [1.82, 2.24) is 10.0 Å². The third kappa shape index (κ3) is 3.62. The normalized spacial score (nSPS) is 25.6. The van der Waals surface area contributed by atoms with Crippen molar-refractivity contribution in [2.24, 2.45) is 5.92 Å². The van der Waals surface area contributed by atoms with Gasteiger partial charge in [0.15, 0.2) is 0 Å². The number of hydrogen-bond acceptors (Lipinski definition) is 3. The van der Waals surface area contributed by atoms with Gasteiger partial charge in [0.2, 0.25) is 10.0 Å². The predicted molar refractivity (Wildman–Crippen MR) is 78.8 cm³/mol. The van der Waals surface area contributed by atoms with Crippen LogP contribution in [0.1, 0.15) is 38.2 Å². The Labute approximate surface area is 125 Å². The lowest BCUT2D eigenvalue weighted by atomic mass is 9.83. The number of sulfonamides is 1. The fourth-order valence-corrected chi connectivity index (χ4v) is 4.08. The molecule has 0 bridgehead atoms. The second-order valence-corrected chi connectivity index (χ2v) is 8.00. The molecular formula is C15H21FN2O2S. The maximum atomic E-state index is 13.9. The highest BCUT2D eigenvalue weighted by Gasteiger charge is 2.31. The molecule has 0 unspecified atom stereocenters. The Kier molecular flexibility index (Phi) is 4.03. The Morgan fingerprint density at radius 1 is 1.24 bits per heavy atom. The van der Waals surface area contributed by atoms with Crippen LogP contribution in [0.15, 0.2) is 23.1 Å². The van der Waals surface area contributed by atoms with E-state index in [2.05, 4.69) is 17.0 Å². The molecule has 0 atom stereocenters. The van der Waals surface area contributed by atoms with E-state index in [0.717, 1.165) is 31.2 Å². The van der Waals surface area contributed by atoms with Crippen molar-refractivity contribution >= 4 is 10.0 Å². The highest BCUT2D eigenvalue weighted by atomic mass is 32.2. The van der Waals surface area contributed by atoms with Gasteiger partial charge in [0.25, 0.3) is 0 Å². The van der Waals surface area contributed by atoms with Gasteiger partial charge in [-0.2, -0.15) is 0 Å². The highest BCUT2D eigenvalue weighted by Crippen LogP contribution is 2.28. The van der Waals surface area contributed by atoms with E-state index in [9.17, 15) is 12.8 Å². The third-order valence-corrected chi connectivity index (χ3v) is 5.69. The standard InChI is InChI=1S/C15H21FN2O2S/c1-10-6-13(7-10)18-21(19,20)15-8-11(2-5-14(15)16)9-17-12-3-4-12/h2,5,8,10,12-13,17-18H,3-4,6-7,9H2,1H3. The van der Waals surface area contributed by atoms with Crippen LogP contribution in [0.3, 0.4) is 0 Å². The van der Waals surface area contributed by atoms with E-state index in [1.807, 2.05) is 0 Å². The molecular weight excluding hydrogens is 291 g/mol. The second-order valence-electron chi connectivity index (χ2n) is 6.31. The third-order valence-electron chi connectivity index (χ3n) is 4.15. The van der Waals surface area contributed by atoms with Crippen molar-refractivity contribution in [3.8, 4) is 0 Å². The van der Waals surface area contributed by atoms with Crippen molar-refractivity contribution < 1.29 is 12.8 Å². The molecule has 21 heavy (non-hydrogen) atoms. The molecule has 2 saturated carbocycles. The van der Waals surface area contributed by atoms with Gasteiger partial charge in [-0.25, -0.2) is 17.5 Å². The van der Waals surface area contributed by atoms with Crippen LogP contribution in [0, 0.1) is 11.7 Å². The zero-order valence-electron chi connectivity index (χ0n) is 12.1. The van der Waals surface area contributed by atoms with Gasteiger partial charge in [0.05, 0.1) is 0 Å². The number of hydrogen-bond donors (Lipinski definition) is 2. The van der Waals surface area contributed by atoms with Crippen molar-refractivity contribution in [1.29, 1.82) is 0 Å². The fraction of sp³-hybridized carbons (Fsp3) is 0.600. The molecule has 1 aromatic rings. The summed E-state index contributed by atoms with van der Waals surface area (Å²) in [4.78, 5) is -0.239. The smallest absolute Gasteiger partial charge is 0.243 e. The molecule has 116 valence electrons. The van der Waals surface area contributed by atoms with Crippen LogP contribution in [-0.2, 0) is 16.6 Å². The molecule has 2 aliphatic carbocycles. The van der Waals surface area contributed by atoms with Gasteiger partial charge in [0.1, 0.15) is 10.7 Å². The van der Waals surface area contributed by atoms with Gasteiger partial charge in [-0.3, -0.25) is 0 Å². The van der Waals surface area contributed by atoms with E-state index in [1.54, 1.807) is 6.07 Å². The first-order valence-corrected chi connectivity index (χ1v) is 8.96. The number of rotatable bonds is 6. The van der Waals surface area contributed by atoms with Crippen LogP contribution in [-0.4, -0.2) is 20.5 Å². The van der Waals surface area contributed by atoms with Gasteiger partial charge < -0.3 is 5.32 Å². The summed E-state index contributed by atoms with van der Waals surface area (Å²) < 4.78 is 41.1. The lowest BCUT2D eigenvalue weighted by Crippen LogP contribution is -2.43. The molecule has 4 nitrogen and oxygen atoms in total. The highest BCUT2D eigenvalue weighted by molar-refractivity contribution is 7.89. The summed E-state index contributed by atoms with van der Waals surface area (Å²) in [5, 5.41) is 3.30. The second kappa shape index (κ2) is 5.66. The summed E-state index contributed by atoms with van der Waals surface area (Å²) in [6, 6.07) is 4.79. The minimum Gasteiger partial charge on any atom is -0.310 e. The molecule has 1 aromatic carbocycles. The van der Waals surface area contributed by atoms with Crippen LogP contribution in [0.5, 0.6) is 0 Å². The van der Waals surface area contributed by atoms with Crippen molar-refractivity contribution in [3.05, 3.63) is 29.6 Å². The van der Waals surface area contributed by atoms with Crippen molar-refractivity contribution in [3.63, 3.8) is 0 Å². The average Bonchev–Trinajstić information content (AvgIpc) is 3.19. The molecule has 2 fully saturated rings. The van der Waals surface area contributed by atoms with E-state index in [4.69, 9.17) is 0 Å². The Hall–Kier alpha value is -0.980. The molecule has 6 heteroatoms. The van der Waals surface area contributed by atoms with Crippen molar-refractivity contribution in [2.75, 3.05) is 0 Å². The topological polar surface area (TPSA) is 58.2 Å². The molecule has 0 aliphatic heterocycles. The zero-order valence-corrected chi connectivity index (χ0v) is 12.9. The predicted octanol–water partition coefficient (Wildman–Crippen LogP) is 2.15. The summed E-state index contributed by atoms with van der Waals surface area (Å²) in [5.41, 5.74) is 0.797. The lowest BCUT2D eigenvalue weighted by molar-refractivity contribution is 0.270. The summed E-state index contributed by atoms with van der Waals surface area (Å²) in [7, 11) is -3.77. The Morgan fingerprint density at radius 2 is 1.95 bits per heavy atom. The fourth-order valence-electron chi connectivity index (χ4n) is 2.69. The van der Waals surface area contributed by atoms with Gasteiger partial charge >= 0.3 is 0 Å². The van der Waals surface area contributed by atoms with Crippen LogP contribution in [0.25, 0.3) is 0 Å². The molecule has 3 rings (SSSR count). The summed E-state index contributed by atoms with van der Waals surface area (Å²) in [6.45, 7) is 2.66. The van der Waals surface area contributed by atoms with Gasteiger partial charge in [-0.05, 0) is 49.3 Å². The Morgan fingerprint density at radius 3 is 2.57 bits per heavy atom. The minimum absolute atomic E-state index is 0.0577. The number of nitrogens with one attached hydrogen (secondary N) is 2. The first-order valence-electron chi connectivity index (χ1n) is 7.48. The molecule has 0 spiro atoms. The summed E-state index contributed by atoms with van der Waals surface area (Å²) >= 11 is 0. The Balaban J connectivity index is 1.73. The summed E-state index contributed by atoms with van der Waals surface area (Å²) in [6.07, 6.45) is 3.97. The summed E-state index contributed by atoms with van der Waals surface area (Å²) in [5.74, 6) is -0.151. The van der Waals surface area contributed by atoms with Crippen LogP contribution >= 0.6 is 0 Å². The molecule has 0 saturated heterocycles. The van der Waals surface area contributed by atoms with Crippen LogP contribution < -0.4 is 10.0 Å². The first-order chi connectivity index (χ1) is 9.94. The monoisotopic (exact) mass is 312 g/mol. The maximum absolute atomic E-state index is 13.9. The molecule has 0 radical (unpaired) electrons. The Bertz CT molecular complexity index is 623. The molecule has 2 N–H and O–H groups in total. The van der Waals surface area contributed by atoms with Gasteiger partial charge in [-0.15, -0.1) is 0 Å². The van der Waals surface area contributed by atoms with E-state index in [1.165, 1.54) is 12.1 Å². The lowest BCUT2D eigenvalue weighted by Gasteiger charge is -2.32. The van der Waals surface area contributed by atoms with E-state index >= 15 is 0 Å². The SMILES string of the molecule is CC1CC(NS(=O)(=O)c2cc(CNC3CC3)ccc2F)C1. The molecule has 2 aliphatic rings. The number of benzene rings is 1. The molecule has 0 heterocycles. The number of halogens is 1. The van der Waals surface area contributed by atoms with Crippen LogP contribution in [0.4, 0.5) is 4.39 Å². The minimum atomic E-state index is -3.77. The molecule has 0 aromatic heterocycles. The van der Waals surface area contributed by atoms with E-state index < -0.39 is 15.8 Å². The van der Waals surface area contributed by atoms with Gasteiger partial charge in [-0.1, -0.05) is 13.0 Å². The van der Waals surface area contributed by atoms with E-state index in [-0.39, 0.29) is 10.9 Å². The maximum Gasteiger partial charge on any atom is 0.243 e. The largest absolute Gasteiger partial charge is 0.310 e. The van der Waals surface area contributed by atoms with Crippen molar-refractivity contribution in [2.45, 2.75) is 56.1 Å². The quantitative estimate of drug-likeness (QED) is 0.846. The first kappa shape index (κ1) is 14.9. The van der Waals surface area contributed by atoms with Crippen LogP contribution in [0.2, 0.25) is 0 Å². The zero-order chi connectivity index (χ0) is 15.0. The van der Waals surface area contributed by atoms with E-state index in [0.29, 0.717) is 18.5 Å². The molecule has 0 amide bonds.